The molecular weight excluding hydrogens is 285 g/mol. The van der Waals surface area contributed by atoms with Crippen LogP contribution in [0.5, 0.6) is 0 Å². The largest absolute Gasteiger partial charge is 0.396 e. The predicted molar refractivity (Wildman–Crippen MR) is 81.9 cm³/mol. The van der Waals surface area contributed by atoms with E-state index >= 15 is 0 Å². The van der Waals surface area contributed by atoms with Gasteiger partial charge in [-0.3, -0.25) is 4.79 Å². The lowest BCUT2D eigenvalue weighted by Gasteiger charge is -2.35. The van der Waals surface area contributed by atoms with Gasteiger partial charge in [-0.15, -0.1) is 0 Å². The fraction of sp³-hybridized carbons (Fsp3) is 0.588. The Hall–Kier alpha value is -1.46. The van der Waals surface area contributed by atoms with Gasteiger partial charge in [0, 0.05) is 31.6 Å². The van der Waals surface area contributed by atoms with Gasteiger partial charge in [0.05, 0.1) is 6.61 Å². The highest BCUT2D eigenvalue weighted by Crippen LogP contribution is 2.28. The highest BCUT2D eigenvalue weighted by molar-refractivity contribution is 5.75. The molecule has 0 radical (unpaired) electrons. The number of rotatable bonds is 7. The van der Waals surface area contributed by atoms with Crippen LogP contribution >= 0.6 is 0 Å². The van der Waals surface area contributed by atoms with Crippen LogP contribution in [0.3, 0.4) is 0 Å². The van der Waals surface area contributed by atoms with Crippen LogP contribution in [-0.4, -0.2) is 37.4 Å². The Balaban J connectivity index is 1.70. The van der Waals surface area contributed by atoms with Crippen LogP contribution < -0.4 is 5.32 Å². The molecule has 0 spiro atoms. The molecule has 1 aliphatic rings. The number of hydrogen-bond acceptors (Lipinski definition) is 3. The molecule has 0 unspecified atom stereocenters. The van der Waals surface area contributed by atoms with Gasteiger partial charge in [-0.25, -0.2) is 4.39 Å². The number of aliphatic hydroxyl groups excluding tert-OH is 1. The molecule has 1 aromatic rings. The van der Waals surface area contributed by atoms with E-state index in [4.69, 9.17) is 4.74 Å². The fourth-order valence-electron chi connectivity index (χ4n) is 2.71. The quantitative estimate of drug-likeness (QED) is 0.810. The molecule has 0 aliphatic carbocycles. The summed E-state index contributed by atoms with van der Waals surface area (Å²) in [6, 6.07) is 6.64. The Kier molecular flexibility index (Phi) is 6.34. The van der Waals surface area contributed by atoms with Gasteiger partial charge in [-0.1, -0.05) is 18.2 Å². The Labute approximate surface area is 130 Å². The molecule has 1 aromatic carbocycles. The maximum atomic E-state index is 13.5. The van der Waals surface area contributed by atoms with Crippen LogP contribution in [0.15, 0.2) is 24.3 Å². The van der Waals surface area contributed by atoms with Crippen LogP contribution in [-0.2, 0) is 16.0 Å². The summed E-state index contributed by atoms with van der Waals surface area (Å²) in [7, 11) is 0. The van der Waals surface area contributed by atoms with E-state index in [0.29, 0.717) is 44.6 Å². The standard InChI is InChI=1S/C17H24FNO3/c18-15-6-2-1-4-14(15)5-3-7-16(21)19-12-17(13-20)8-10-22-11-9-17/h1-2,4,6,20H,3,5,7-13H2,(H,19,21). The van der Waals surface area contributed by atoms with Crippen molar-refractivity contribution < 1.29 is 19.0 Å². The second kappa shape index (κ2) is 8.25. The molecule has 1 fully saturated rings. The second-order valence-corrected chi connectivity index (χ2v) is 5.99. The highest BCUT2D eigenvalue weighted by Gasteiger charge is 2.32. The third kappa shape index (κ3) is 4.78. The van der Waals surface area contributed by atoms with Gasteiger partial charge >= 0.3 is 0 Å². The van der Waals surface area contributed by atoms with Crippen molar-refractivity contribution in [1.82, 2.24) is 5.32 Å². The van der Waals surface area contributed by atoms with Crippen molar-refractivity contribution in [3.05, 3.63) is 35.6 Å². The van der Waals surface area contributed by atoms with Crippen molar-refractivity contribution in [2.24, 2.45) is 5.41 Å². The second-order valence-electron chi connectivity index (χ2n) is 5.99. The monoisotopic (exact) mass is 309 g/mol. The minimum Gasteiger partial charge on any atom is -0.396 e. The zero-order valence-corrected chi connectivity index (χ0v) is 12.8. The number of hydrogen-bond donors (Lipinski definition) is 2. The number of nitrogens with one attached hydrogen (secondary N) is 1. The molecule has 0 saturated carbocycles. The van der Waals surface area contributed by atoms with E-state index < -0.39 is 0 Å². The average molecular weight is 309 g/mol. The number of aliphatic hydroxyl groups is 1. The van der Waals surface area contributed by atoms with Crippen LogP contribution in [0.25, 0.3) is 0 Å². The fourth-order valence-corrected chi connectivity index (χ4v) is 2.71. The summed E-state index contributed by atoms with van der Waals surface area (Å²) in [6.45, 7) is 1.80. The van der Waals surface area contributed by atoms with Crippen molar-refractivity contribution in [3.63, 3.8) is 0 Å². The van der Waals surface area contributed by atoms with Crippen molar-refractivity contribution >= 4 is 5.91 Å². The smallest absolute Gasteiger partial charge is 0.220 e. The SMILES string of the molecule is O=C(CCCc1ccccc1F)NCC1(CO)CCOCC1. The van der Waals surface area contributed by atoms with Crippen molar-refractivity contribution in [3.8, 4) is 0 Å². The van der Waals surface area contributed by atoms with E-state index in [2.05, 4.69) is 5.32 Å². The first-order valence-corrected chi connectivity index (χ1v) is 7.84. The van der Waals surface area contributed by atoms with Gasteiger partial charge in [0.25, 0.3) is 0 Å². The number of carbonyl (C=O) groups is 1. The summed E-state index contributed by atoms with van der Waals surface area (Å²) in [4.78, 5) is 11.9. The molecule has 1 heterocycles. The molecule has 122 valence electrons. The number of carbonyl (C=O) groups excluding carboxylic acids is 1. The molecule has 1 aliphatic heterocycles. The van der Waals surface area contributed by atoms with Gasteiger partial charge in [0.15, 0.2) is 0 Å². The summed E-state index contributed by atoms with van der Waals surface area (Å²) < 4.78 is 18.8. The van der Waals surface area contributed by atoms with E-state index in [1.54, 1.807) is 18.2 Å². The maximum Gasteiger partial charge on any atom is 0.220 e. The molecule has 1 saturated heterocycles. The maximum absolute atomic E-state index is 13.5. The van der Waals surface area contributed by atoms with Crippen molar-refractivity contribution in [2.45, 2.75) is 32.1 Å². The molecule has 2 rings (SSSR count). The van der Waals surface area contributed by atoms with Crippen LogP contribution in [0.2, 0.25) is 0 Å². The zero-order valence-electron chi connectivity index (χ0n) is 12.8. The molecule has 2 N–H and O–H groups in total. The minimum atomic E-state index is -0.251. The summed E-state index contributed by atoms with van der Waals surface area (Å²) >= 11 is 0. The van der Waals surface area contributed by atoms with Gasteiger partial charge in [0.1, 0.15) is 5.82 Å². The third-order valence-electron chi connectivity index (χ3n) is 4.36. The third-order valence-corrected chi connectivity index (χ3v) is 4.36. The lowest BCUT2D eigenvalue weighted by molar-refractivity contribution is -0.122. The number of amides is 1. The number of aryl methyl sites for hydroxylation is 1. The van der Waals surface area contributed by atoms with E-state index in [1.807, 2.05) is 0 Å². The van der Waals surface area contributed by atoms with Crippen LogP contribution in [0.4, 0.5) is 4.39 Å². The Morgan fingerprint density at radius 3 is 2.73 bits per heavy atom. The average Bonchev–Trinajstić information content (AvgIpc) is 2.56. The molecule has 0 aromatic heterocycles. The van der Waals surface area contributed by atoms with Crippen LogP contribution in [0.1, 0.15) is 31.2 Å². The molecule has 0 atom stereocenters. The van der Waals surface area contributed by atoms with E-state index in [9.17, 15) is 14.3 Å². The summed E-state index contributed by atoms with van der Waals surface area (Å²) in [5, 5.41) is 12.5. The Morgan fingerprint density at radius 2 is 2.05 bits per heavy atom. The topological polar surface area (TPSA) is 58.6 Å². The van der Waals surface area contributed by atoms with Crippen LogP contribution in [0, 0.1) is 11.2 Å². The van der Waals surface area contributed by atoms with E-state index in [1.165, 1.54) is 6.07 Å². The van der Waals surface area contributed by atoms with E-state index in [-0.39, 0.29) is 23.7 Å². The lowest BCUT2D eigenvalue weighted by Crippen LogP contribution is -2.43. The van der Waals surface area contributed by atoms with Crippen molar-refractivity contribution in [2.75, 3.05) is 26.4 Å². The first kappa shape index (κ1) is 16.9. The van der Waals surface area contributed by atoms with Gasteiger partial charge < -0.3 is 15.2 Å². The molecule has 4 nitrogen and oxygen atoms in total. The molecule has 0 bridgehead atoms. The number of ether oxygens (including phenoxy) is 1. The summed E-state index contributed by atoms with van der Waals surface area (Å²) in [6.07, 6.45) is 3.06. The highest BCUT2D eigenvalue weighted by atomic mass is 19.1. The minimum absolute atomic E-state index is 0.0457. The zero-order chi connectivity index (χ0) is 15.8. The summed E-state index contributed by atoms with van der Waals surface area (Å²) in [5.74, 6) is -0.264. The number of halogens is 1. The molecule has 1 amide bonds. The van der Waals surface area contributed by atoms with Gasteiger partial charge in [0.2, 0.25) is 5.91 Å². The first-order valence-electron chi connectivity index (χ1n) is 7.84. The first-order chi connectivity index (χ1) is 10.7. The van der Waals surface area contributed by atoms with E-state index in [0.717, 1.165) is 12.8 Å². The molecule has 5 heteroatoms. The molecule has 22 heavy (non-hydrogen) atoms. The van der Waals surface area contributed by atoms with Gasteiger partial charge in [-0.2, -0.15) is 0 Å². The Bertz CT molecular complexity index is 487. The summed E-state index contributed by atoms with van der Waals surface area (Å²) in [5.41, 5.74) is 0.394. The van der Waals surface area contributed by atoms with Gasteiger partial charge in [-0.05, 0) is 37.3 Å². The lowest BCUT2D eigenvalue weighted by atomic mass is 9.81. The Morgan fingerprint density at radius 1 is 1.32 bits per heavy atom. The normalized spacial score (nSPS) is 17.2. The number of benzene rings is 1. The van der Waals surface area contributed by atoms with Crippen molar-refractivity contribution in [1.29, 1.82) is 0 Å². The predicted octanol–water partition coefficient (Wildman–Crippen LogP) is 2.05. The molecular formula is C17H24FNO3.